The van der Waals surface area contributed by atoms with Crippen LogP contribution in [0, 0.1) is 5.82 Å². The van der Waals surface area contributed by atoms with Crippen LogP contribution in [-0.2, 0) is 0 Å². The predicted octanol–water partition coefficient (Wildman–Crippen LogP) is 3.82. The highest BCUT2D eigenvalue weighted by Gasteiger charge is 2.16. The Morgan fingerprint density at radius 2 is 1.80 bits per heavy atom. The Hall–Kier alpha value is -3.91. The molecule has 0 saturated carbocycles. The van der Waals surface area contributed by atoms with Gasteiger partial charge in [0, 0.05) is 36.1 Å². The minimum Gasteiger partial charge on any atom is -0.287 e. The Labute approximate surface area is 174 Å². The highest BCUT2D eigenvalue weighted by Crippen LogP contribution is 2.25. The zero-order chi connectivity index (χ0) is 20.7. The second kappa shape index (κ2) is 7.16. The molecule has 0 unspecified atom stereocenters. The summed E-state index contributed by atoms with van der Waals surface area (Å²) in [7, 11) is 0. The van der Waals surface area contributed by atoms with Crippen LogP contribution < -0.4 is 5.43 Å². The van der Waals surface area contributed by atoms with Crippen LogP contribution in [0.5, 0.6) is 0 Å². The third-order valence-corrected chi connectivity index (χ3v) is 4.78. The van der Waals surface area contributed by atoms with Gasteiger partial charge in [0.25, 0.3) is 0 Å². The van der Waals surface area contributed by atoms with Crippen molar-refractivity contribution < 1.29 is 4.39 Å². The number of halogens is 2. The molecule has 0 N–H and O–H groups in total. The van der Waals surface area contributed by atoms with Crippen molar-refractivity contribution in [2.45, 2.75) is 0 Å². The van der Waals surface area contributed by atoms with E-state index in [0.29, 0.717) is 33.1 Å². The molecule has 9 heteroatoms. The van der Waals surface area contributed by atoms with E-state index < -0.39 is 0 Å². The van der Waals surface area contributed by atoms with Gasteiger partial charge in [0.2, 0.25) is 5.43 Å². The maximum atomic E-state index is 13.9. The Balaban J connectivity index is 1.71. The van der Waals surface area contributed by atoms with Crippen molar-refractivity contribution in [2.75, 3.05) is 0 Å². The first-order valence-corrected chi connectivity index (χ1v) is 9.29. The van der Waals surface area contributed by atoms with Gasteiger partial charge in [0.05, 0.1) is 28.8 Å². The van der Waals surface area contributed by atoms with Crippen LogP contribution in [0.1, 0.15) is 0 Å². The van der Waals surface area contributed by atoms with Gasteiger partial charge in [-0.05, 0) is 36.4 Å². The highest BCUT2D eigenvalue weighted by atomic mass is 35.5. The van der Waals surface area contributed by atoms with Gasteiger partial charge in [0.1, 0.15) is 11.0 Å². The lowest BCUT2D eigenvalue weighted by molar-refractivity contribution is 0.629. The van der Waals surface area contributed by atoms with E-state index in [0.717, 1.165) is 0 Å². The molecule has 0 radical (unpaired) electrons. The maximum Gasteiger partial charge on any atom is 0.209 e. The fraction of sp³-hybridized carbons (Fsp3) is 0. The summed E-state index contributed by atoms with van der Waals surface area (Å²) in [6.07, 6.45) is 6.27. The zero-order valence-corrected chi connectivity index (χ0v) is 16.0. The Morgan fingerprint density at radius 1 is 0.933 bits per heavy atom. The Bertz CT molecular complexity index is 1460. The number of nitrogens with zero attached hydrogens (tertiary/aromatic N) is 6. The van der Waals surface area contributed by atoms with Crippen LogP contribution >= 0.6 is 11.6 Å². The van der Waals surface area contributed by atoms with Crippen LogP contribution in [-0.4, -0.2) is 29.5 Å². The molecule has 0 aliphatic rings. The largest absolute Gasteiger partial charge is 0.287 e. The number of pyridine rings is 2. The van der Waals surface area contributed by atoms with Crippen molar-refractivity contribution in [1.29, 1.82) is 0 Å². The van der Waals surface area contributed by atoms with Crippen LogP contribution in [0.15, 0.2) is 78.1 Å². The molecule has 0 aliphatic carbocycles. The van der Waals surface area contributed by atoms with Crippen LogP contribution in [0.3, 0.4) is 0 Å². The fourth-order valence-corrected chi connectivity index (χ4v) is 3.39. The summed E-state index contributed by atoms with van der Waals surface area (Å²) in [5.41, 5.74) is 2.22. The van der Waals surface area contributed by atoms with Gasteiger partial charge in [-0.2, -0.15) is 10.2 Å². The third-order valence-electron chi connectivity index (χ3n) is 4.58. The minimum absolute atomic E-state index is 0.185. The molecule has 4 aromatic heterocycles. The summed E-state index contributed by atoms with van der Waals surface area (Å²) in [5, 5.41) is 9.70. The number of aromatic nitrogens is 6. The second-order valence-corrected chi connectivity index (χ2v) is 6.82. The van der Waals surface area contributed by atoms with Gasteiger partial charge in [0.15, 0.2) is 5.69 Å². The van der Waals surface area contributed by atoms with Crippen molar-refractivity contribution in [1.82, 2.24) is 29.5 Å². The van der Waals surface area contributed by atoms with Crippen molar-refractivity contribution in [3.63, 3.8) is 0 Å². The van der Waals surface area contributed by atoms with Gasteiger partial charge in [-0.15, -0.1) is 0 Å². The number of hydrogen-bond donors (Lipinski definition) is 0. The number of benzene rings is 1. The van der Waals surface area contributed by atoms with E-state index in [1.54, 1.807) is 59.8 Å². The zero-order valence-electron chi connectivity index (χ0n) is 15.3. The molecule has 0 fully saturated rings. The summed E-state index contributed by atoms with van der Waals surface area (Å²) in [6.45, 7) is 0. The lowest BCUT2D eigenvalue weighted by atomic mass is 10.1. The molecule has 0 amide bonds. The second-order valence-electron chi connectivity index (χ2n) is 6.43. The minimum atomic E-state index is -0.389. The first kappa shape index (κ1) is 18.1. The molecule has 0 atom stereocenters. The lowest BCUT2D eigenvalue weighted by Gasteiger charge is -2.11. The summed E-state index contributed by atoms with van der Waals surface area (Å²) < 4.78 is 17.0. The molecule has 5 aromatic rings. The van der Waals surface area contributed by atoms with E-state index in [2.05, 4.69) is 20.2 Å². The van der Waals surface area contributed by atoms with Gasteiger partial charge in [-0.3, -0.25) is 9.78 Å². The standard InChI is InChI=1S/C21H12ClFN6O/c22-20-12-14(3-7-25-20)28-10-6-19(30)21(27-28)18-5-9-26-29(18)17-4-8-24-16-2-1-13(23)11-15(16)17/h1-12H. The van der Waals surface area contributed by atoms with Crippen LogP contribution in [0.2, 0.25) is 5.15 Å². The van der Waals surface area contributed by atoms with E-state index in [9.17, 15) is 9.18 Å². The molecule has 0 saturated heterocycles. The third kappa shape index (κ3) is 3.13. The lowest BCUT2D eigenvalue weighted by Crippen LogP contribution is -2.15. The van der Waals surface area contributed by atoms with Crippen molar-refractivity contribution in [2.24, 2.45) is 0 Å². The summed E-state index contributed by atoms with van der Waals surface area (Å²) in [4.78, 5) is 20.9. The normalized spacial score (nSPS) is 11.1. The molecular formula is C21H12ClFN6O. The molecule has 30 heavy (non-hydrogen) atoms. The molecular weight excluding hydrogens is 407 g/mol. The Kier molecular flexibility index (Phi) is 4.33. The monoisotopic (exact) mass is 418 g/mol. The molecule has 1 aromatic carbocycles. The van der Waals surface area contributed by atoms with Crippen molar-refractivity contribution in [3.8, 4) is 22.8 Å². The van der Waals surface area contributed by atoms with Crippen LogP contribution in [0.25, 0.3) is 33.7 Å². The smallest absolute Gasteiger partial charge is 0.209 e. The average molecular weight is 419 g/mol. The van der Waals surface area contributed by atoms with Crippen molar-refractivity contribution in [3.05, 3.63) is 94.5 Å². The summed E-state index contributed by atoms with van der Waals surface area (Å²) in [6, 6.07) is 12.5. The fourth-order valence-electron chi connectivity index (χ4n) is 3.23. The van der Waals surface area contributed by atoms with Gasteiger partial charge >= 0.3 is 0 Å². The van der Waals surface area contributed by atoms with Crippen molar-refractivity contribution >= 4 is 22.5 Å². The topological polar surface area (TPSA) is 78.5 Å². The van der Waals surface area contributed by atoms with E-state index in [-0.39, 0.29) is 16.9 Å². The average Bonchev–Trinajstić information content (AvgIpc) is 3.23. The molecule has 0 aliphatic heterocycles. The Morgan fingerprint density at radius 3 is 2.67 bits per heavy atom. The van der Waals surface area contributed by atoms with Gasteiger partial charge in [-0.25, -0.2) is 18.7 Å². The van der Waals surface area contributed by atoms with Crippen LogP contribution in [0.4, 0.5) is 4.39 Å². The molecule has 4 heterocycles. The van der Waals surface area contributed by atoms with E-state index in [1.807, 2.05) is 0 Å². The summed E-state index contributed by atoms with van der Waals surface area (Å²) >= 11 is 5.97. The molecule has 0 spiro atoms. The SMILES string of the molecule is O=c1ccn(-c2ccnc(Cl)c2)nc1-c1ccnn1-c1ccnc2ccc(F)cc12. The number of hydrogen-bond acceptors (Lipinski definition) is 5. The van der Waals surface area contributed by atoms with Gasteiger partial charge < -0.3 is 0 Å². The molecule has 7 nitrogen and oxygen atoms in total. The van der Waals surface area contributed by atoms with E-state index in [4.69, 9.17) is 11.6 Å². The quantitative estimate of drug-likeness (QED) is 0.416. The molecule has 0 bridgehead atoms. The predicted molar refractivity (Wildman–Crippen MR) is 110 cm³/mol. The maximum absolute atomic E-state index is 13.9. The molecule has 146 valence electrons. The molecule has 5 rings (SSSR count). The van der Waals surface area contributed by atoms with Gasteiger partial charge in [-0.1, -0.05) is 11.6 Å². The van der Waals surface area contributed by atoms with E-state index >= 15 is 0 Å². The summed E-state index contributed by atoms with van der Waals surface area (Å²) in [5.74, 6) is -0.389. The number of fused-ring (bicyclic) bond motifs is 1. The van der Waals surface area contributed by atoms with E-state index in [1.165, 1.54) is 22.9 Å². The first-order valence-electron chi connectivity index (χ1n) is 8.91. The number of rotatable bonds is 3. The highest BCUT2D eigenvalue weighted by molar-refractivity contribution is 6.29. The first-order chi connectivity index (χ1) is 14.6.